The molecule has 2 fully saturated rings. The van der Waals surface area contributed by atoms with Gasteiger partial charge in [0.05, 0.1) is 6.10 Å². The first-order valence-corrected chi connectivity index (χ1v) is 6.27. The van der Waals surface area contributed by atoms with Crippen molar-refractivity contribution in [1.29, 1.82) is 0 Å². The zero-order valence-corrected chi connectivity index (χ0v) is 9.13. The Labute approximate surface area is 87.4 Å². The fraction of sp³-hybridized carbons (Fsp3) is 1.00. The molecule has 1 saturated heterocycles. The fourth-order valence-electron chi connectivity index (χ4n) is 2.65. The van der Waals surface area contributed by atoms with E-state index in [9.17, 15) is 0 Å². The number of ether oxygens (including phenoxy) is 1. The summed E-state index contributed by atoms with van der Waals surface area (Å²) in [5, 5.41) is 3.34. The number of rotatable bonds is 4. The van der Waals surface area contributed by atoms with Crippen LogP contribution in [-0.2, 0) is 4.74 Å². The highest BCUT2D eigenvalue weighted by molar-refractivity contribution is 4.71. The smallest absolute Gasteiger partial charge is 0.0711 e. The van der Waals surface area contributed by atoms with Gasteiger partial charge in [0.15, 0.2) is 0 Å². The highest BCUT2D eigenvalue weighted by Gasteiger charge is 2.16. The van der Waals surface area contributed by atoms with Crippen molar-refractivity contribution in [3.05, 3.63) is 0 Å². The van der Waals surface area contributed by atoms with Gasteiger partial charge < -0.3 is 10.1 Å². The van der Waals surface area contributed by atoms with Crippen LogP contribution in [-0.4, -0.2) is 25.8 Å². The van der Waals surface area contributed by atoms with Crippen LogP contribution in [0, 0.1) is 5.92 Å². The van der Waals surface area contributed by atoms with Crippen molar-refractivity contribution in [3.63, 3.8) is 0 Å². The molecule has 0 aromatic rings. The molecule has 0 spiro atoms. The van der Waals surface area contributed by atoms with E-state index in [-0.39, 0.29) is 0 Å². The van der Waals surface area contributed by atoms with Crippen molar-refractivity contribution in [2.24, 2.45) is 5.92 Å². The van der Waals surface area contributed by atoms with Crippen LogP contribution in [0.15, 0.2) is 0 Å². The van der Waals surface area contributed by atoms with E-state index in [4.69, 9.17) is 4.74 Å². The van der Waals surface area contributed by atoms with Crippen molar-refractivity contribution in [3.8, 4) is 0 Å². The van der Waals surface area contributed by atoms with Gasteiger partial charge in [-0.3, -0.25) is 0 Å². The highest BCUT2D eigenvalue weighted by atomic mass is 16.5. The van der Waals surface area contributed by atoms with Gasteiger partial charge in [-0.05, 0) is 25.3 Å². The Balaban J connectivity index is 1.52. The van der Waals surface area contributed by atoms with Crippen molar-refractivity contribution in [2.45, 2.75) is 51.0 Å². The van der Waals surface area contributed by atoms with E-state index >= 15 is 0 Å². The predicted molar refractivity (Wildman–Crippen MR) is 58.4 cm³/mol. The molecule has 1 aliphatic heterocycles. The van der Waals surface area contributed by atoms with Crippen LogP contribution < -0.4 is 5.32 Å². The Morgan fingerprint density at radius 3 is 2.64 bits per heavy atom. The summed E-state index contributed by atoms with van der Waals surface area (Å²) >= 11 is 0. The third kappa shape index (κ3) is 3.25. The number of hydrogen-bond acceptors (Lipinski definition) is 2. The molecule has 1 aliphatic carbocycles. The Morgan fingerprint density at radius 1 is 1.07 bits per heavy atom. The molecule has 1 unspecified atom stereocenters. The van der Waals surface area contributed by atoms with Crippen molar-refractivity contribution in [2.75, 3.05) is 19.7 Å². The molecule has 1 N–H and O–H groups in total. The second-order valence-electron chi connectivity index (χ2n) is 4.78. The maximum atomic E-state index is 5.84. The maximum absolute atomic E-state index is 5.84. The summed E-state index contributed by atoms with van der Waals surface area (Å²) in [5.74, 6) is 0.970. The first-order chi connectivity index (χ1) is 6.95. The topological polar surface area (TPSA) is 21.3 Å². The van der Waals surface area contributed by atoms with E-state index in [1.165, 1.54) is 44.9 Å². The lowest BCUT2D eigenvalue weighted by Gasteiger charge is -2.22. The van der Waals surface area contributed by atoms with E-state index in [1.54, 1.807) is 0 Å². The summed E-state index contributed by atoms with van der Waals surface area (Å²) in [7, 11) is 0. The number of hydrogen-bond donors (Lipinski definition) is 1. The monoisotopic (exact) mass is 197 g/mol. The fourth-order valence-corrected chi connectivity index (χ4v) is 2.65. The third-order valence-electron chi connectivity index (χ3n) is 3.62. The summed E-state index contributed by atoms with van der Waals surface area (Å²) in [6.45, 7) is 3.22. The van der Waals surface area contributed by atoms with Gasteiger partial charge in [-0.15, -0.1) is 0 Å². The minimum absolute atomic E-state index is 0.513. The molecule has 2 aliphatic rings. The Kier molecular flexibility index (Phi) is 4.26. The van der Waals surface area contributed by atoms with Gasteiger partial charge >= 0.3 is 0 Å². The van der Waals surface area contributed by atoms with Crippen LogP contribution in [0.4, 0.5) is 0 Å². The van der Waals surface area contributed by atoms with Gasteiger partial charge in [0.25, 0.3) is 0 Å². The standard InChI is InChI=1S/C12H23NO/c1-2-4-11(5-3-1)7-9-14-12-6-8-13-10-12/h11-13H,1-10H2. The van der Waals surface area contributed by atoms with E-state index in [0.717, 1.165) is 25.6 Å². The first-order valence-electron chi connectivity index (χ1n) is 6.27. The van der Waals surface area contributed by atoms with Gasteiger partial charge in [0.1, 0.15) is 0 Å². The van der Waals surface area contributed by atoms with E-state index < -0.39 is 0 Å². The molecule has 0 radical (unpaired) electrons. The molecule has 2 heteroatoms. The second kappa shape index (κ2) is 5.72. The average Bonchev–Trinajstić information content (AvgIpc) is 2.72. The molecule has 1 heterocycles. The quantitative estimate of drug-likeness (QED) is 0.747. The van der Waals surface area contributed by atoms with Crippen LogP contribution >= 0.6 is 0 Å². The van der Waals surface area contributed by atoms with Crippen LogP contribution in [0.2, 0.25) is 0 Å². The highest BCUT2D eigenvalue weighted by Crippen LogP contribution is 2.26. The van der Waals surface area contributed by atoms with Crippen molar-refractivity contribution in [1.82, 2.24) is 5.32 Å². The SMILES string of the molecule is C1CCC(CCOC2CCNC2)CC1. The van der Waals surface area contributed by atoms with Crippen LogP contribution in [0.3, 0.4) is 0 Å². The minimum atomic E-state index is 0.513. The van der Waals surface area contributed by atoms with Gasteiger partial charge in [0, 0.05) is 13.2 Å². The second-order valence-corrected chi connectivity index (χ2v) is 4.78. The summed E-state index contributed by atoms with van der Waals surface area (Å²) in [6.07, 6.45) is 10.3. The van der Waals surface area contributed by atoms with Crippen LogP contribution in [0.1, 0.15) is 44.9 Å². The Bertz CT molecular complexity index is 148. The lowest BCUT2D eigenvalue weighted by atomic mass is 9.87. The van der Waals surface area contributed by atoms with E-state index in [1.807, 2.05) is 0 Å². The Morgan fingerprint density at radius 2 is 1.93 bits per heavy atom. The van der Waals surface area contributed by atoms with Gasteiger partial charge in [0.2, 0.25) is 0 Å². The average molecular weight is 197 g/mol. The summed E-state index contributed by atoms with van der Waals surface area (Å²) < 4.78 is 5.84. The van der Waals surface area contributed by atoms with Crippen LogP contribution in [0.5, 0.6) is 0 Å². The molecule has 1 saturated carbocycles. The predicted octanol–water partition coefficient (Wildman–Crippen LogP) is 2.34. The lowest BCUT2D eigenvalue weighted by molar-refractivity contribution is 0.0542. The van der Waals surface area contributed by atoms with Gasteiger partial charge in [-0.25, -0.2) is 0 Å². The molecule has 14 heavy (non-hydrogen) atoms. The zero-order chi connectivity index (χ0) is 9.64. The minimum Gasteiger partial charge on any atom is -0.377 e. The van der Waals surface area contributed by atoms with Gasteiger partial charge in [-0.2, -0.15) is 0 Å². The molecular weight excluding hydrogens is 174 g/mol. The molecule has 82 valence electrons. The molecule has 2 rings (SSSR count). The van der Waals surface area contributed by atoms with Crippen LogP contribution in [0.25, 0.3) is 0 Å². The normalized spacial score (nSPS) is 29.6. The molecular formula is C12H23NO. The lowest BCUT2D eigenvalue weighted by Crippen LogP contribution is -2.19. The maximum Gasteiger partial charge on any atom is 0.0711 e. The first kappa shape index (κ1) is 10.4. The molecule has 0 bridgehead atoms. The summed E-state index contributed by atoms with van der Waals surface area (Å²) in [6, 6.07) is 0. The number of nitrogens with one attached hydrogen (secondary N) is 1. The molecule has 1 atom stereocenters. The zero-order valence-electron chi connectivity index (χ0n) is 9.13. The van der Waals surface area contributed by atoms with E-state index in [2.05, 4.69) is 5.32 Å². The molecule has 0 aromatic heterocycles. The van der Waals surface area contributed by atoms with Crippen molar-refractivity contribution < 1.29 is 4.74 Å². The Hall–Kier alpha value is -0.0800. The summed E-state index contributed by atoms with van der Waals surface area (Å²) in [5.41, 5.74) is 0. The molecule has 2 nitrogen and oxygen atoms in total. The van der Waals surface area contributed by atoms with Crippen molar-refractivity contribution >= 4 is 0 Å². The summed E-state index contributed by atoms with van der Waals surface area (Å²) in [4.78, 5) is 0. The largest absolute Gasteiger partial charge is 0.377 e. The third-order valence-corrected chi connectivity index (χ3v) is 3.62. The van der Waals surface area contributed by atoms with E-state index in [0.29, 0.717) is 6.10 Å². The van der Waals surface area contributed by atoms with Gasteiger partial charge in [-0.1, -0.05) is 32.1 Å². The molecule has 0 aromatic carbocycles. The molecule has 0 amide bonds.